The molecule has 21 heavy (non-hydrogen) atoms. The Bertz CT molecular complexity index is 715. The highest BCUT2D eigenvalue weighted by atomic mass is 79.9. The maximum Gasteiger partial charge on any atom is 0.0995 e. The molecule has 2 aromatic rings. The molecular weight excluding hydrogens is 371 g/mol. The lowest BCUT2D eigenvalue weighted by Crippen LogP contribution is -1.83. The molecule has 0 saturated carbocycles. The maximum atomic E-state index is 8.64. The van der Waals surface area contributed by atoms with E-state index in [-0.39, 0.29) is 0 Å². The van der Waals surface area contributed by atoms with Crippen LogP contribution in [0.3, 0.4) is 0 Å². The summed E-state index contributed by atoms with van der Waals surface area (Å²) >= 11 is 14.6. The van der Waals surface area contributed by atoms with Crippen molar-refractivity contribution < 1.29 is 0 Å². The van der Waals surface area contributed by atoms with E-state index in [0.29, 0.717) is 26.5 Å². The third-order valence-corrected chi connectivity index (χ3v) is 3.73. The highest BCUT2D eigenvalue weighted by molar-refractivity contribution is 9.08. The number of nitriles is 2. The van der Waals surface area contributed by atoms with E-state index in [1.165, 1.54) is 0 Å². The van der Waals surface area contributed by atoms with E-state index >= 15 is 0 Å². The van der Waals surface area contributed by atoms with Crippen molar-refractivity contribution in [2.45, 2.75) is 12.3 Å². The molecule has 0 aromatic heterocycles. The first-order chi connectivity index (χ1) is 10.0. The van der Waals surface area contributed by atoms with Crippen molar-refractivity contribution >= 4 is 39.1 Å². The van der Waals surface area contributed by atoms with Crippen LogP contribution in [0.25, 0.3) is 0 Å². The van der Waals surface area contributed by atoms with E-state index < -0.39 is 0 Å². The van der Waals surface area contributed by atoms with E-state index in [2.05, 4.69) is 28.1 Å². The summed E-state index contributed by atoms with van der Waals surface area (Å²) in [7, 11) is 0. The SMILES string of the molecule is Cc1ccc(Cl)cc1C#N.N#Cc1cc(Cl)ccc1CBr. The number of hydrogen-bond donors (Lipinski definition) is 0. The predicted molar refractivity (Wildman–Crippen MR) is 89.7 cm³/mol. The third-order valence-electron chi connectivity index (χ3n) is 2.66. The third kappa shape index (κ3) is 5.40. The highest BCUT2D eigenvalue weighted by Crippen LogP contribution is 2.17. The van der Waals surface area contributed by atoms with Gasteiger partial charge in [0, 0.05) is 15.4 Å². The molecule has 0 aliphatic carbocycles. The zero-order valence-electron chi connectivity index (χ0n) is 11.2. The minimum absolute atomic E-state index is 0.603. The quantitative estimate of drug-likeness (QED) is 0.601. The molecule has 0 spiro atoms. The predicted octanol–water partition coefficient (Wildman–Crippen LogP) is 5.63. The van der Waals surface area contributed by atoms with Gasteiger partial charge in [0.15, 0.2) is 0 Å². The van der Waals surface area contributed by atoms with Gasteiger partial charge in [-0.05, 0) is 42.3 Å². The Morgan fingerprint density at radius 3 is 1.95 bits per heavy atom. The zero-order chi connectivity index (χ0) is 15.8. The first kappa shape index (κ1) is 17.5. The smallest absolute Gasteiger partial charge is 0.0995 e. The number of nitrogens with zero attached hydrogens (tertiary/aromatic N) is 2. The topological polar surface area (TPSA) is 47.6 Å². The highest BCUT2D eigenvalue weighted by Gasteiger charge is 1.99. The molecular formula is C16H11BrCl2N2. The average Bonchev–Trinajstić information content (AvgIpc) is 2.50. The van der Waals surface area contributed by atoms with Gasteiger partial charge in [0.25, 0.3) is 0 Å². The number of alkyl halides is 1. The standard InChI is InChI=1S/C8H5BrClN.C8H6ClN/c9-4-6-1-2-8(10)3-7(6)5-11;1-6-2-3-8(9)4-7(6)5-10/h1-3H,4H2;2-4H,1H3. The molecule has 106 valence electrons. The van der Waals surface area contributed by atoms with Gasteiger partial charge in [-0.1, -0.05) is 51.3 Å². The molecule has 2 nitrogen and oxygen atoms in total. The minimum Gasteiger partial charge on any atom is -0.192 e. The van der Waals surface area contributed by atoms with Gasteiger partial charge in [-0.3, -0.25) is 0 Å². The molecule has 5 heteroatoms. The van der Waals surface area contributed by atoms with E-state index in [4.69, 9.17) is 33.7 Å². The van der Waals surface area contributed by atoms with Crippen LogP contribution in [0.5, 0.6) is 0 Å². The molecule has 0 unspecified atom stereocenters. The second-order valence-electron chi connectivity index (χ2n) is 4.12. The number of halogens is 3. The Labute approximate surface area is 142 Å². The number of benzene rings is 2. The summed E-state index contributed by atoms with van der Waals surface area (Å²) in [5.74, 6) is 0. The van der Waals surface area contributed by atoms with Crippen LogP contribution in [0.2, 0.25) is 10.0 Å². The van der Waals surface area contributed by atoms with Crippen molar-refractivity contribution in [2.24, 2.45) is 0 Å². The fourth-order valence-corrected chi connectivity index (χ4v) is 2.32. The molecule has 0 amide bonds. The second-order valence-corrected chi connectivity index (χ2v) is 5.55. The summed E-state index contributed by atoms with van der Waals surface area (Å²) in [5.41, 5.74) is 3.21. The molecule has 0 aliphatic heterocycles. The monoisotopic (exact) mass is 380 g/mol. The molecule has 0 saturated heterocycles. The van der Waals surface area contributed by atoms with Crippen LogP contribution in [0, 0.1) is 29.6 Å². The average molecular weight is 382 g/mol. The van der Waals surface area contributed by atoms with E-state index in [1.807, 2.05) is 19.1 Å². The molecule has 0 radical (unpaired) electrons. The van der Waals surface area contributed by atoms with Crippen molar-refractivity contribution in [3.05, 3.63) is 68.7 Å². The number of rotatable bonds is 1. The molecule has 0 atom stereocenters. The summed E-state index contributed by atoms with van der Waals surface area (Å²) in [5, 5.41) is 19.1. The van der Waals surface area contributed by atoms with E-state index in [9.17, 15) is 0 Å². The first-order valence-corrected chi connectivity index (χ1v) is 7.80. The van der Waals surface area contributed by atoms with Crippen LogP contribution >= 0.6 is 39.1 Å². The van der Waals surface area contributed by atoms with Crippen LogP contribution in [-0.4, -0.2) is 0 Å². The summed E-state index contributed by atoms with van der Waals surface area (Å²) < 4.78 is 0. The molecule has 2 rings (SSSR count). The molecule has 0 bridgehead atoms. The minimum atomic E-state index is 0.603. The Kier molecular flexibility index (Phi) is 7.26. The van der Waals surface area contributed by atoms with Crippen molar-refractivity contribution in [3.63, 3.8) is 0 Å². The van der Waals surface area contributed by atoms with Gasteiger partial charge in [0.05, 0.1) is 23.3 Å². The van der Waals surface area contributed by atoms with Crippen LogP contribution in [0.1, 0.15) is 22.3 Å². The van der Waals surface area contributed by atoms with Crippen molar-refractivity contribution in [3.8, 4) is 12.1 Å². The van der Waals surface area contributed by atoms with Gasteiger partial charge in [-0.25, -0.2) is 0 Å². The van der Waals surface area contributed by atoms with Crippen molar-refractivity contribution in [1.29, 1.82) is 10.5 Å². The van der Waals surface area contributed by atoms with Crippen LogP contribution in [-0.2, 0) is 5.33 Å². The van der Waals surface area contributed by atoms with Crippen molar-refractivity contribution in [1.82, 2.24) is 0 Å². The van der Waals surface area contributed by atoms with E-state index in [1.54, 1.807) is 24.3 Å². The number of hydrogen-bond acceptors (Lipinski definition) is 2. The Balaban J connectivity index is 0.000000211. The largest absolute Gasteiger partial charge is 0.192 e. The lowest BCUT2D eigenvalue weighted by atomic mass is 10.1. The Hall–Kier alpha value is -1.52. The fourth-order valence-electron chi connectivity index (χ4n) is 1.48. The first-order valence-electron chi connectivity index (χ1n) is 5.92. The zero-order valence-corrected chi connectivity index (χ0v) is 14.3. The summed E-state index contributed by atoms with van der Waals surface area (Å²) in [6.07, 6.45) is 0. The molecule has 0 aliphatic rings. The van der Waals surface area contributed by atoms with Gasteiger partial charge < -0.3 is 0 Å². The lowest BCUT2D eigenvalue weighted by molar-refractivity contribution is 1.37. The van der Waals surface area contributed by atoms with Crippen LogP contribution in [0.4, 0.5) is 0 Å². The maximum absolute atomic E-state index is 8.64. The summed E-state index contributed by atoms with van der Waals surface area (Å²) in [6.45, 7) is 1.88. The van der Waals surface area contributed by atoms with Gasteiger partial charge in [-0.2, -0.15) is 10.5 Å². The summed E-state index contributed by atoms with van der Waals surface area (Å²) in [4.78, 5) is 0. The van der Waals surface area contributed by atoms with Crippen LogP contribution < -0.4 is 0 Å². The Morgan fingerprint density at radius 1 is 0.952 bits per heavy atom. The second kappa shape index (κ2) is 8.70. The fraction of sp³-hybridized carbons (Fsp3) is 0.125. The lowest BCUT2D eigenvalue weighted by Gasteiger charge is -1.97. The summed E-state index contributed by atoms with van der Waals surface area (Å²) in [6, 6.07) is 14.7. The van der Waals surface area contributed by atoms with Gasteiger partial charge >= 0.3 is 0 Å². The molecule has 0 fully saturated rings. The van der Waals surface area contributed by atoms with Gasteiger partial charge in [0.2, 0.25) is 0 Å². The molecule has 0 N–H and O–H groups in total. The Morgan fingerprint density at radius 2 is 1.48 bits per heavy atom. The van der Waals surface area contributed by atoms with E-state index in [0.717, 1.165) is 11.1 Å². The van der Waals surface area contributed by atoms with Crippen molar-refractivity contribution in [2.75, 3.05) is 0 Å². The molecule has 2 aromatic carbocycles. The van der Waals surface area contributed by atoms with Gasteiger partial charge in [-0.15, -0.1) is 0 Å². The molecule has 0 heterocycles. The normalized spacial score (nSPS) is 9.05. The van der Waals surface area contributed by atoms with Gasteiger partial charge in [0.1, 0.15) is 0 Å². The number of aryl methyl sites for hydroxylation is 1. The van der Waals surface area contributed by atoms with Crippen LogP contribution in [0.15, 0.2) is 36.4 Å².